The monoisotopic (exact) mass is 298 g/mol. The number of benzene rings is 1. The lowest BCUT2D eigenvalue weighted by Gasteiger charge is -2.08. The van der Waals surface area contributed by atoms with Crippen molar-refractivity contribution in [1.29, 1.82) is 0 Å². The predicted octanol–water partition coefficient (Wildman–Crippen LogP) is 2.46. The van der Waals surface area contributed by atoms with Crippen LogP contribution in [-0.2, 0) is 4.74 Å². The molecule has 6 heteroatoms. The zero-order valence-electron chi connectivity index (χ0n) is 12.6. The SMILES string of the molecule is COCCNc1c(-c2ccc(OC)cc2)nc2cnccn12. The topological polar surface area (TPSA) is 60.7 Å². The van der Waals surface area contributed by atoms with Crippen molar-refractivity contribution >= 4 is 11.5 Å². The largest absolute Gasteiger partial charge is 0.497 e. The fraction of sp³-hybridized carbons (Fsp3) is 0.250. The van der Waals surface area contributed by atoms with Crippen molar-refractivity contribution in [2.45, 2.75) is 0 Å². The molecule has 0 radical (unpaired) electrons. The molecule has 3 rings (SSSR count). The van der Waals surface area contributed by atoms with Crippen molar-refractivity contribution in [2.24, 2.45) is 0 Å². The van der Waals surface area contributed by atoms with Crippen molar-refractivity contribution in [3.05, 3.63) is 42.9 Å². The number of nitrogens with zero attached hydrogens (tertiary/aromatic N) is 3. The van der Waals surface area contributed by atoms with Gasteiger partial charge in [-0.05, 0) is 24.3 Å². The molecule has 2 heterocycles. The van der Waals surface area contributed by atoms with E-state index in [0.717, 1.165) is 28.5 Å². The number of aromatic nitrogens is 3. The summed E-state index contributed by atoms with van der Waals surface area (Å²) >= 11 is 0. The molecule has 114 valence electrons. The highest BCUT2D eigenvalue weighted by Crippen LogP contribution is 2.29. The number of hydrogen-bond acceptors (Lipinski definition) is 5. The summed E-state index contributed by atoms with van der Waals surface area (Å²) in [4.78, 5) is 8.80. The Morgan fingerprint density at radius 2 is 2.00 bits per heavy atom. The van der Waals surface area contributed by atoms with E-state index in [0.29, 0.717) is 13.2 Å². The van der Waals surface area contributed by atoms with E-state index in [1.807, 2.05) is 34.9 Å². The van der Waals surface area contributed by atoms with Gasteiger partial charge in [-0.15, -0.1) is 0 Å². The number of fused-ring (bicyclic) bond motifs is 1. The van der Waals surface area contributed by atoms with Gasteiger partial charge in [0.1, 0.15) is 17.3 Å². The molecular weight excluding hydrogens is 280 g/mol. The lowest BCUT2D eigenvalue weighted by atomic mass is 10.1. The van der Waals surface area contributed by atoms with Gasteiger partial charge in [-0.3, -0.25) is 9.38 Å². The van der Waals surface area contributed by atoms with E-state index in [9.17, 15) is 0 Å². The minimum absolute atomic E-state index is 0.625. The van der Waals surface area contributed by atoms with Crippen LogP contribution in [0.4, 0.5) is 5.82 Å². The Morgan fingerprint density at radius 1 is 1.18 bits per heavy atom. The molecule has 0 aliphatic carbocycles. The van der Waals surface area contributed by atoms with E-state index in [4.69, 9.17) is 9.47 Å². The highest BCUT2D eigenvalue weighted by molar-refractivity contribution is 5.76. The van der Waals surface area contributed by atoms with Crippen molar-refractivity contribution < 1.29 is 9.47 Å². The molecule has 0 atom stereocenters. The van der Waals surface area contributed by atoms with Gasteiger partial charge in [0, 0.05) is 31.6 Å². The molecule has 1 N–H and O–H groups in total. The highest BCUT2D eigenvalue weighted by Gasteiger charge is 2.13. The number of anilines is 1. The molecule has 22 heavy (non-hydrogen) atoms. The number of imidazole rings is 1. The molecule has 6 nitrogen and oxygen atoms in total. The molecule has 0 fully saturated rings. The maximum atomic E-state index is 5.21. The summed E-state index contributed by atoms with van der Waals surface area (Å²) in [7, 11) is 3.34. The van der Waals surface area contributed by atoms with Gasteiger partial charge in [0.2, 0.25) is 0 Å². The molecule has 2 aromatic heterocycles. The summed E-state index contributed by atoms with van der Waals surface area (Å²) in [5.41, 5.74) is 2.70. The predicted molar refractivity (Wildman–Crippen MR) is 85.3 cm³/mol. The van der Waals surface area contributed by atoms with Crippen LogP contribution in [0.25, 0.3) is 16.9 Å². The molecule has 1 aromatic carbocycles. The third kappa shape index (κ3) is 2.73. The Labute approximate surface area is 128 Å². The average Bonchev–Trinajstić information content (AvgIpc) is 2.94. The van der Waals surface area contributed by atoms with Gasteiger partial charge < -0.3 is 14.8 Å². The third-order valence-electron chi connectivity index (χ3n) is 3.39. The summed E-state index contributed by atoms with van der Waals surface area (Å²) in [5, 5.41) is 3.38. The van der Waals surface area contributed by atoms with Crippen molar-refractivity contribution in [2.75, 3.05) is 32.7 Å². The summed E-state index contributed by atoms with van der Waals surface area (Å²) in [6.45, 7) is 1.33. The molecule has 0 amide bonds. The first-order chi connectivity index (χ1) is 10.8. The third-order valence-corrected chi connectivity index (χ3v) is 3.39. The number of rotatable bonds is 6. The quantitative estimate of drug-likeness (QED) is 0.708. The number of ether oxygens (including phenoxy) is 2. The van der Waals surface area contributed by atoms with Crippen LogP contribution in [0.15, 0.2) is 42.9 Å². The van der Waals surface area contributed by atoms with Crippen LogP contribution < -0.4 is 10.1 Å². The van der Waals surface area contributed by atoms with Crippen molar-refractivity contribution in [1.82, 2.24) is 14.4 Å². The van der Waals surface area contributed by atoms with E-state index in [1.54, 1.807) is 26.6 Å². The minimum Gasteiger partial charge on any atom is -0.497 e. The minimum atomic E-state index is 0.625. The Hall–Kier alpha value is -2.60. The van der Waals surface area contributed by atoms with Gasteiger partial charge in [0.15, 0.2) is 5.65 Å². The normalized spacial score (nSPS) is 10.8. The molecule has 0 spiro atoms. The van der Waals surface area contributed by atoms with E-state index in [1.165, 1.54) is 0 Å². The van der Waals surface area contributed by atoms with E-state index in [2.05, 4.69) is 15.3 Å². The maximum Gasteiger partial charge on any atom is 0.157 e. The summed E-state index contributed by atoms with van der Waals surface area (Å²) in [6.07, 6.45) is 5.38. The van der Waals surface area contributed by atoms with Crippen LogP contribution in [0, 0.1) is 0 Å². The standard InChI is InChI=1S/C16H18N4O2/c1-21-10-8-18-16-15(12-3-5-13(22-2)6-4-12)19-14-11-17-7-9-20(14)16/h3-7,9,11,18H,8,10H2,1-2H3. The lowest BCUT2D eigenvalue weighted by molar-refractivity contribution is 0.210. The Morgan fingerprint density at radius 3 is 2.73 bits per heavy atom. The maximum absolute atomic E-state index is 5.21. The van der Waals surface area contributed by atoms with Crippen LogP contribution in [0.2, 0.25) is 0 Å². The Balaban J connectivity index is 2.04. The molecular formula is C16H18N4O2. The highest BCUT2D eigenvalue weighted by atomic mass is 16.5. The second-order valence-electron chi connectivity index (χ2n) is 4.76. The van der Waals surface area contributed by atoms with Gasteiger partial charge >= 0.3 is 0 Å². The molecule has 0 aliphatic rings. The Bertz CT molecular complexity index is 752. The first kappa shape index (κ1) is 14.3. The smallest absolute Gasteiger partial charge is 0.157 e. The van der Waals surface area contributed by atoms with Gasteiger partial charge in [0.25, 0.3) is 0 Å². The van der Waals surface area contributed by atoms with E-state index in [-0.39, 0.29) is 0 Å². The second-order valence-corrected chi connectivity index (χ2v) is 4.76. The molecule has 0 bridgehead atoms. The number of hydrogen-bond donors (Lipinski definition) is 1. The van der Waals surface area contributed by atoms with Crippen LogP contribution in [0.3, 0.4) is 0 Å². The fourth-order valence-electron chi connectivity index (χ4n) is 2.30. The molecule has 0 unspecified atom stereocenters. The van der Waals surface area contributed by atoms with Crippen LogP contribution >= 0.6 is 0 Å². The van der Waals surface area contributed by atoms with E-state index >= 15 is 0 Å². The summed E-state index contributed by atoms with van der Waals surface area (Å²) in [6, 6.07) is 7.85. The van der Waals surface area contributed by atoms with Crippen molar-refractivity contribution in [3.63, 3.8) is 0 Å². The van der Waals surface area contributed by atoms with Crippen LogP contribution in [0.1, 0.15) is 0 Å². The summed E-state index contributed by atoms with van der Waals surface area (Å²) < 4.78 is 12.3. The fourth-order valence-corrected chi connectivity index (χ4v) is 2.30. The first-order valence-electron chi connectivity index (χ1n) is 7.03. The molecule has 0 saturated heterocycles. The van der Waals surface area contributed by atoms with Gasteiger partial charge in [-0.2, -0.15) is 0 Å². The number of methoxy groups -OCH3 is 2. The lowest BCUT2D eigenvalue weighted by Crippen LogP contribution is -2.10. The molecule has 0 saturated carbocycles. The van der Waals surface area contributed by atoms with E-state index < -0.39 is 0 Å². The molecule has 3 aromatic rings. The van der Waals surface area contributed by atoms with Crippen LogP contribution in [-0.4, -0.2) is 41.7 Å². The zero-order chi connectivity index (χ0) is 15.4. The average molecular weight is 298 g/mol. The van der Waals surface area contributed by atoms with Gasteiger partial charge in [-0.1, -0.05) is 0 Å². The van der Waals surface area contributed by atoms with Crippen molar-refractivity contribution in [3.8, 4) is 17.0 Å². The number of nitrogens with one attached hydrogen (secondary N) is 1. The second kappa shape index (κ2) is 6.44. The first-order valence-corrected chi connectivity index (χ1v) is 7.03. The van der Waals surface area contributed by atoms with Gasteiger partial charge in [-0.25, -0.2) is 4.98 Å². The summed E-state index contributed by atoms with van der Waals surface area (Å²) in [5.74, 6) is 1.75. The Kier molecular flexibility index (Phi) is 4.20. The zero-order valence-corrected chi connectivity index (χ0v) is 12.6. The molecule has 0 aliphatic heterocycles. The van der Waals surface area contributed by atoms with Gasteiger partial charge in [0.05, 0.1) is 19.9 Å². The van der Waals surface area contributed by atoms with Crippen LogP contribution in [0.5, 0.6) is 5.75 Å².